The number of halogens is 1. The zero-order valence-electron chi connectivity index (χ0n) is 9.26. The molecule has 0 aromatic heterocycles. The van der Waals surface area contributed by atoms with Gasteiger partial charge in [-0.25, -0.2) is 0 Å². The van der Waals surface area contributed by atoms with Crippen molar-refractivity contribution < 1.29 is 0 Å². The van der Waals surface area contributed by atoms with Crippen molar-refractivity contribution in [2.45, 2.75) is 33.2 Å². The number of nitrogens with zero attached hydrogens (tertiary/aromatic N) is 1. The molecule has 0 radical (unpaired) electrons. The zero-order valence-corrected chi connectivity index (χ0v) is 10.0. The normalized spacial score (nSPS) is 14.7. The summed E-state index contributed by atoms with van der Waals surface area (Å²) in [5.74, 6) is 1.39. The molecular weight excluding hydrogens is 182 g/mol. The summed E-state index contributed by atoms with van der Waals surface area (Å²) in [5, 5.41) is 0. The molecule has 0 saturated carbocycles. The van der Waals surface area contributed by atoms with Crippen LogP contribution in [0.2, 0.25) is 0 Å². The Hall–Kier alpha value is -0.0100. The first kappa shape index (κ1) is 13.0. The van der Waals surface area contributed by atoms with E-state index in [0.717, 1.165) is 12.5 Å². The molecule has 0 aliphatic rings. The molecule has 0 N–H and O–H groups in total. The van der Waals surface area contributed by atoms with E-state index in [1.54, 1.807) is 0 Å². The molecule has 0 saturated heterocycles. The van der Waals surface area contributed by atoms with Crippen molar-refractivity contribution in [1.82, 2.24) is 4.90 Å². The van der Waals surface area contributed by atoms with E-state index in [1.165, 1.54) is 6.42 Å². The Kier molecular flexibility index (Phi) is 7.39. The largest absolute Gasteiger partial charge is 0.300 e. The Balaban J connectivity index is 3.68. The number of likely N-dealkylation sites (N-methyl/N-ethyl adjacent to an activating group) is 1. The van der Waals surface area contributed by atoms with Gasteiger partial charge in [0.05, 0.1) is 0 Å². The SMILES string of the molecule is CC(C)CC(C)N(C)CC=CCCl. The lowest BCUT2D eigenvalue weighted by molar-refractivity contribution is 0.250. The van der Waals surface area contributed by atoms with E-state index in [0.29, 0.717) is 11.9 Å². The molecule has 13 heavy (non-hydrogen) atoms. The van der Waals surface area contributed by atoms with Gasteiger partial charge in [0, 0.05) is 18.5 Å². The van der Waals surface area contributed by atoms with Crippen LogP contribution in [0.5, 0.6) is 0 Å². The third kappa shape index (κ3) is 7.09. The van der Waals surface area contributed by atoms with Crippen LogP contribution >= 0.6 is 11.6 Å². The van der Waals surface area contributed by atoms with E-state index in [9.17, 15) is 0 Å². The second-order valence-corrected chi connectivity index (χ2v) is 4.35. The second kappa shape index (κ2) is 7.40. The number of hydrogen-bond donors (Lipinski definition) is 0. The van der Waals surface area contributed by atoms with Gasteiger partial charge in [0.1, 0.15) is 0 Å². The van der Waals surface area contributed by atoms with Gasteiger partial charge < -0.3 is 4.90 Å². The third-order valence-corrected chi connectivity index (χ3v) is 2.39. The standard InChI is InChI=1S/C11H22ClN/c1-10(2)9-11(3)13(4)8-6-5-7-12/h5-6,10-11H,7-9H2,1-4H3. The molecule has 0 rings (SSSR count). The van der Waals surface area contributed by atoms with E-state index in [2.05, 4.69) is 38.8 Å². The molecule has 0 fully saturated rings. The average Bonchev–Trinajstić information content (AvgIpc) is 2.03. The fourth-order valence-corrected chi connectivity index (χ4v) is 1.47. The van der Waals surface area contributed by atoms with Gasteiger partial charge in [0.2, 0.25) is 0 Å². The van der Waals surface area contributed by atoms with Crippen LogP contribution in [-0.2, 0) is 0 Å². The summed E-state index contributed by atoms with van der Waals surface area (Å²) in [6.07, 6.45) is 5.38. The van der Waals surface area contributed by atoms with Crippen LogP contribution < -0.4 is 0 Å². The highest BCUT2D eigenvalue weighted by atomic mass is 35.5. The van der Waals surface area contributed by atoms with Gasteiger partial charge in [-0.3, -0.25) is 0 Å². The molecule has 0 aliphatic heterocycles. The molecule has 0 spiro atoms. The molecule has 2 heteroatoms. The van der Waals surface area contributed by atoms with Crippen molar-refractivity contribution in [1.29, 1.82) is 0 Å². The van der Waals surface area contributed by atoms with Crippen LogP contribution in [0.3, 0.4) is 0 Å². The van der Waals surface area contributed by atoms with Crippen LogP contribution in [-0.4, -0.2) is 30.4 Å². The van der Waals surface area contributed by atoms with Gasteiger partial charge in [0.25, 0.3) is 0 Å². The lowest BCUT2D eigenvalue weighted by atomic mass is 10.0. The molecule has 0 aliphatic carbocycles. The minimum absolute atomic E-state index is 0.617. The quantitative estimate of drug-likeness (QED) is 0.474. The molecule has 0 aromatic carbocycles. The smallest absolute Gasteiger partial charge is 0.0404 e. The molecule has 0 bridgehead atoms. The van der Waals surface area contributed by atoms with Crippen molar-refractivity contribution in [3.8, 4) is 0 Å². The molecule has 1 atom stereocenters. The molecule has 1 nitrogen and oxygen atoms in total. The minimum atomic E-state index is 0.617. The first-order chi connectivity index (χ1) is 6.07. The molecule has 78 valence electrons. The van der Waals surface area contributed by atoms with Crippen LogP contribution in [0.1, 0.15) is 27.2 Å². The van der Waals surface area contributed by atoms with Crippen molar-refractivity contribution in [3.63, 3.8) is 0 Å². The summed E-state index contributed by atoms with van der Waals surface area (Å²) >= 11 is 5.54. The van der Waals surface area contributed by atoms with E-state index in [-0.39, 0.29) is 0 Å². The van der Waals surface area contributed by atoms with Crippen molar-refractivity contribution in [2.24, 2.45) is 5.92 Å². The number of allylic oxidation sites excluding steroid dienone is 1. The minimum Gasteiger partial charge on any atom is -0.300 e. The fourth-order valence-electron chi connectivity index (χ4n) is 1.35. The lowest BCUT2D eigenvalue weighted by Crippen LogP contribution is -2.30. The Morgan fingerprint density at radius 1 is 1.23 bits per heavy atom. The first-order valence-corrected chi connectivity index (χ1v) is 5.52. The Morgan fingerprint density at radius 2 is 1.85 bits per heavy atom. The third-order valence-electron chi connectivity index (χ3n) is 2.21. The van der Waals surface area contributed by atoms with Gasteiger partial charge in [-0.2, -0.15) is 0 Å². The number of rotatable bonds is 6. The average molecular weight is 204 g/mol. The maximum atomic E-state index is 5.54. The lowest BCUT2D eigenvalue weighted by Gasteiger charge is -2.24. The fraction of sp³-hybridized carbons (Fsp3) is 0.818. The zero-order chi connectivity index (χ0) is 10.3. The van der Waals surface area contributed by atoms with Gasteiger partial charge in [-0.15, -0.1) is 11.6 Å². The van der Waals surface area contributed by atoms with Crippen LogP contribution in [0.25, 0.3) is 0 Å². The van der Waals surface area contributed by atoms with E-state index < -0.39 is 0 Å². The van der Waals surface area contributed by atoms with Gasteiger partial charge in [-0.1, -0.05) is 26.0 Å². The molecule has 0 heterocycles. The molecule has 0 aromatic rings. The van der Waals surface area contributed by atoms with Gasteiger partial charge in [0.15, 0.2) is 0 Å². The Bertz CT molecular complexity index is 143. The Morgan fingerprint density at radius 3 is 2.31 bits per heavy atom. The highest BCUT2D eigenvalue weighted by molar-refractivity contribution is 6.18. The monoisotopic (exact) mass is 203 g/mol. The van der Waals surface area contributed by atoms with Crippen molar-refractivity contribution >= 4 is 11.6 Å². The van der Waals surface area contributed by atoms with E-state index >= 15 is 0 Å². The van der Waals surface area contributed by atoms with Crippen LogP contribution in [0, 0.1) is 5.92 Å². The summed E-state index contributed by atoms with van der Waals surface area (Å²) < 4.78 is 0. The first-order valence-electron chi connectivity index (χ1n) is 4.99. The van der Waals surface area contributed by atoms with Gasteiger partial charge in [-0.05, 0) is 26.3 Å². The molecule has 1 unspecified atom stereocenters. The van der Waals surface area contributed by atoms with Crippen LogP contribution in [0.15, 0.2) is 12.2 Å². The molecular formula is C11H22ClN. The van der Waals surface area contributed by atoms with Crippen molar-refractivity contribution in [2.75, 3.05) is 19.5 Å². The number of hydrogen-bond acceptors (Lipinski definition) is 1. The molecule has 0 amide bonds. The van der Waals surface area contributed by atoms with E-state index in [1.807, 2.05) is 6.08 Å². The summed E-state index contributed by atoms with van der Waals surface area (Å²) in [7, 11) is 2.16. The van der Waals surface area contributed by atoms with Crippen LogP contribution in [0.4, 0.5) is 0 Å². The second-order valence-electron chi connectivity index (χ2n) is 4.04. The van der Waals surface area contributed by atoms with Gasteiger partial charge >= 0.3 is 0 Å². The van der Waals surface area contributed by atoms with Crippen molar-refractivity contribution in [3.05, 3.63) is 12.2 Å². The summed E-state index contributed by atoms with van der Waals surface area (Å²) in [6.45, 7) is 7.80. The maximum Gasteiger partial charge on any atom is 0.0404 e. The number of alkyl halides is 1. The highest BCUT2D eigenvalue weighted by Crippen LogP contribution is 2.08. The summed E-state index contributed by atoms with van der Waals surface area (Å²) in [4.78, 5) is 2.35. The highest BCUT2D eigenvalue weighted by Gasteiger charge is 2.08. The van der Waals surface area contributed by atoms with E-state index in [4.69, 9.17) is 11.6 Å². The predicted molar refractivity (Wildman–Crippen MR) is 61.4 cm³/mol. The summed E-state index contributed by atoms with van der Waals surface area (Å²) in [5.41, 5.74) is 0. The topological polar surface area (TPSA) is 3.24 Å². The summed E-state index contributed by atoms with van der Waals surface area (Å²) in [6, 6.07) is 0.653. The predicted octanol–water partition coefficient (Wildman–Crippen LogP) is 3.15. The Labute approximate surface area is 87.8 Å². The maximum absolute atomic E-state index is 5.54.